The number of aliphatic imine (C=N–C) groups is 1. The quantitative estimate of drug-likeness (QED) is 0.259. The van der Waals surface area contributed by atoms with Gasteiger partial charge in [-0.3, -0.25) is 4.99 Å². The van der Waals surface area contributed by atoms with Gasteiger partial charge in [-0.1, -0.05) is 0 Å². The van der Waals surface area contributed by atoms with Crippen LogP contribution in [0.15, 0.2) is 23.2 Å². The van der Waals surface area contributed by atoms with Crippen molar-refractivity contribution in [2.75, 3.05) is 66.0 Å². The minimum Gasteiger partial charge on any atom is -0.490 e. The monoisotopic (exact) mass is 478 g/mol. The molecule has 2 N–H and O–H groups in total. The van der Waals surface area contributed by atoms with E-state index < -0.39 is 0 Å². The fourth-order valence-corrected chi connectivity index (χ4v) is 2.47. The molecule has 0 atom stereocenters. The van der Waals surface area contributed by atoms with Crippen LogP contribution in [-0.4, -0.2) is 71.5 Å². The summed E-state index contributed by atoms with van der Waals surface area (Å²) in [5.74, 6) is 2.32. The van der Waals surface area contributed by atoms with Crippen molar-refractivity contribution >= 4 is 35.6 Å². The second kappa shape index (κ2) is 13.0. The Bertz CT molecular complexity index is 557. The van der Waals surface area contributed by atoms with E-state index in [-0.39, 0.29) is 24.0 Å². The van der Waals surface area contributed by atoms with Crippen LogP contribution in [0.5, 0.6) is 11.5 Å². The molecule has 0 unspecified atom stereocenters. The number of halogens is 1. The number of nitrogens with one attached hydrogen (secondary N) is 2. The van der Waals surface area contributed by atoms with Crippen LogP contribution < -0.4 is 20.1 Å². The van der Waals surface area contributed by atoms with Gasteiger partial charge in [0.15, 0.2) is 17.5 Å². The molecule has 0 saturated carbocycles. The zero-order valence-corrected chi connectivity index (χ0v) is 18.2. The van der Waals surface area contributed by atoms with Crippen LogP contribution in [-0.2, 0) is 4.74 Å². The molecule has 0 bridgehead atoms. The molecule has 0 saturated heterocycles. The molecule has 1 aliphatic heterocycles. The summed E-state index contributed by atoms with van der Waals surface area (Å²) in [5, 5.41) is 6.62. The van der Waals surface area contributed by atoms with Crippen LogP contribution in [0.1, 0.15) is 12.8 Å². The van der Waals surface area contributed by atoms with Crippen LogP contribution in [0.4, 0.5) is 5.69 Å². The summed E-state index contributed by atoms with van der Waals surface area (Å²) < 4.78 is 16.5. The highest BCUT2D eigenvalue weighted by Crippen LogP contribution is 2.32. The number of nitrogens with zero attached hydrogens (tertiary/aromatic N) is 2. The summed E-state index contributed by atoms with van der Waals surface area (Å²) in [6.45, 7) is 4.94. The molecule has 0 aromatic heterocycles. The average Bonchev–Trinajstić information content (AvgIpc) is 2.87. The third-order valence-electron chi connectivity index (χ3n) is 3.92. The number of guanidine groups is 1. The summed E-state index contributed by atoms with van der Waals surface area (Å²) in [4.78, 5) is 6.52. The molecule has 1 aromatic carbocycles. The average molecular weight is 478 g/mol. The zero-order chi connectivity index (χ0) is 17.9. The highest BCUT2D eigenvalue weighted by atomic mass is 127. The Balaban J connectivity index is 0.00000338. The van der Waals surface area contributed by atoms with E-state index in [2.05, 4.69) is 27.6 Å². The number of anilines is 1. The number of hydrogen-bond donors (Lipinski definition) is 2. The van der Waals surface area contributed by atoms with Crippen molar-refractivity contribution in [2.45, 2.75) is 12.8 Å². The van der Waals surface area contributed by atoms with E-state index in [0.29, 0.717) is 13.2 Å². The molecule has 1 aromatic rings. The first-order valence-electron chi connectivity index (χ1n) is 8.77. The number of ether oxygens (including phenoxy) is 3. The van der Waals surface area contributed by atoms with Crippen molar-refractivity contribution < 1.29 is 14.2 Å². The van der Waals surface area contributed by atoms with Crippen LogP contribution >= 0.6 is 24.0 Å². The van der Waals surface area contributed by atoms with E-state index >= 15 is 0 Å². The van der Waals surface area contributed by atoms with Gasteiger partial charge in [0.25, 0.3) is 0 Å². The molecular weight excluding hydrogens is 447 g/mol. The van der Waals surface area contributed by atoms with Crippen molar-refractivity contribution in [1.29, 1.82) is 0 Å². The van der Waals surface area contributed by atoms with Crippen LogP contribution in [0, 0.1) is 0 Å². The molecule has 26 heavy (non-hydrogen) atoms. The SMILES string of the molecule is CN=C(NCCCN(C)CCOC)Nc1ccc2c(c1)OCCCO2.I. The summed E-state index contributed by atoms with van der Waals surface area (Å²) in [6, 6.07) is 5.85. The van der Waals surface area contributed by atoms with Gasteiger partial charge in [-0.2, -0.15) is 0 Å². The highest BCUT2D eigenvalue weighted by Gasteiger charge is 2.11. The Morgan fingerprint density at radius 3 is 2.73 bits per heavy atom. The minimum absolute atomic E-state index is 0. The third-order valence-corrected chi connectivity index (χ3v) is 3.92. The largest absolute Gasteiger partial charge is 0.490 e. The number of methoxy groups -OCH3 is 1. The van der Waals surface area contributed by atoms with Gasteiger partial charge in [-0.05, 0) is 32.1 Å². The van der Waals surface area contributed by atoms with Gasteiger partial charge in [0.2, 0.25) is 0 Å². The summed E-state index contributed by atoms with van der Waals surface area (Å²) in [7, 11) is 5.59. The van der Waals surface area contributed by atoms with Crippen LogP contribution in [0.3, 0.4) is 0 Å². The molecule has 1 aliphatic rings. The van der Waals surface area contributed by atoms with Crippen molar-refractivity contribution in [2.24, 2.45) is 4.99 Å². The first-order chi connectivity index (χ1) is 12.2. The molecule has 0 amide bonds. The number of fused-ring (bicyclic) bond motifs is 1. The summed E-state index contributed by atoms with van der Waals surface area (Å²) in [6.07, 6.45) is 1.93. The number of benzene rings is 1. The van der Waals surface area contributed by atoms with E-state index in [1.54, 1.807) is 14.2 Å². The van der Waals surface area contributed by atoms with Crippen LogP contribution in [0.25, 0.3) is 0 Å². The number of likely N-dealkylation sites (N-methyl/N-ethyl adjacent to an activating group) is 1. The van der Waals surface area contributed by atoms with Gasteiger partial charge < -0.3 is 29.7 Å². The Morgan fingerprint density at radius 2 is 2.00 bits per heavy atom. The topological polar surface area (TPSA) is 67.4 Å². The smallest absolute Gasteiger partial charge is 0.195 e. The lowest BCUT2D eigenvalue weighted by Gasteiger charge is -2.17. The molecule has 7 nitrogen and oxygen atoms in total. The molecule has 8 heteroatoms. The molecule has 0 aliphatic carbocycles. The molecule has 0 radical (unpaired) electrons. The van der Waals surface area contributed by atoms with Gasteiger partial charge in [-0.15, -0.1) is 24.0 Å². The van der Waals surface area contributed by atoms with Gasteiger partial charge in [0.1, 0.15) is 0 Å². The van der Waals surface area contributed by atoms with E-state index in [1.165, 1.54) is 0 Å². The predicted octanol–water partition coefficient (Wildman–Crippen LogP) is 2.42. The van der Waals surface area contributed by atoms with Crippen molar-refractivity contribution in [3.63, 3.8) is 0 Å². The lowest BCUT2D eigenvalue weighted by atomic mass is 10.2. The van der Waals surface area contributed by atoms with E-state index in [1.807, 2.05) is 18.2 Å². The Hall–Kier alpha value is -1.26. The summed E-state index contributed by atoms with van der Waals surface area (Å²) >= 11 is 0. The molecule has 1 heterocycles. The molecule has 0 fully saturated rings. The standard InChI is InChI=1S/C18H30N4O3.HI/c1-19-18(20-8-4-9-22(2)10-13-23-3)21-15-6-7-16-17(14-15)25-12-5-11-24-16;/h6-7,14H,4-5,8-13H2,1-3H3,(H2,19,20,21);1H. The molecule has 0 spiro atoms. The van der Waals surface area contributed by atoms with Gasteiger partial charge in [-0.25, -0.2) is 0 Å². The number of rotatable bonds is 8. The first kappa shape index (κ1) is 22.8. The fraction of sp³-hybridized carbons (Fsp3) is 0.611. The first-order valence-corrected chi connectivity index (χ1v) is 8.77. The van der Waals surface area contributed by atoms with Crippen molar-refractivity contribution in [1.82, 2.24) is 10.2 Å². The fourth-order valence-electron chi connectivity index (χ4n) is 2.47. The maximum absolute atomic E-state index is 5.72. The van der Waals surface area contributed by atoms with Gasteiger partial charge in [0.05, 0.1) is 19.8 Å². The van der Waals surface area contributed by atoms with Crippen molar-refractivity contribution in [3.05, 3.63) is 18.2 Å². The second-order valence-corrected chi connectivity index (χ2v) is 5.99. The minimum atomic E-state index is 0. The normalized spacial score (nSPS) is 13.8. The lowest BCUT2D eigenvalue weighted by Crippen LogP contribution is -2.33. The third kappa shape index (κ3) is 7.96. The van der Waals surface area contributed by atoms with E-state index in [0.717, 1.165) is 62.2 Å². The zero-order valence-electron chi connectivity index (χ0n) is 15.9. The van der Waals surface area contributed by atoms with Gasteiger partial charge >= 0.3 is 0 Å². The van der Waals surface area contributed by atoms with E-state index in [9.17, 15) is 0 Å². The maximum Gasteiger partial charge on any atom is 0.195 e. The van der Waals surface area contributed by atoms with Gasteiger partial charge in [0, 0.05) is 45.4 Å². The molecule has 2 rings (SSSR count). The van der Waals surface area contributed by atoms with Crippen molar-refractivity contribution in [3.8, 4) is 11.5 Å². The number of hydrogen-bond acceptors (Lipinski definition) is 5. The maximum atomic E-state index is 5.72. The Morgan fingerprint density at radius 1 is 1.23 bits per heavy atom. The van der Waals surface area contributed by atoms with Crippen LogP contribution in [0.2, 0.25) is 0 Å². The molecule has 148 valence electrons. The van der Waals surface area contributed by atoms with E-state index in [4.69, 9.17) is 14.2 Å². The molecular formula is C18H31IN4O3. The summed E-state index contributed by atoms with van der Waals surface area (Å²) in [5.41, 5.74) is 0.926. The highest BCUT2D eigenvalue weighted by molar-refractivity contribution is 14.0. The lowest BCUT2D eigenvalue weighted by molar-refractivity contribution is 0.161. The Labute approximate surface area is 173 Å². The predicted molar refractivity (Wildman–Crippen MR) is 116 cm³/mol. The Kier molecular flexibility index (Phi) is 11.4. The second-order valence-electron chi connectivity index (χ2n) is 5.99.